The standard InChI is InChI=1S/C15H23N3O/c1-11(2)18(10-13-4-3-9-17-13)14-7-5-12(6-8-14)15(16)19/h5-8,11,13,17H,3-4,9-10H2,1-2H3,(H2,16,19). The molecule has 1 saturated heterocycles. The number of amides is 1. The minimum Gasteiger partial charge on any atom is -0.368 e. The van der Waals surface area contributed by atoms with Gasteiger partial charge in [-0.3, -0.25) is 4.79 Å². The highest BCUT2D eigenvalue weighted by molar-refractivity contribution is 5.93. The zero-order valence-electron chi connectivity index (χ0n) is 11.7. The number of primary amides is 1. The van der Waals surface area contributed by atoms with Crippen molar-refractivity contribution < 1.29 is 4.79 Å². The molecular weight excluding hydrogens is 238 g/mol. The highest BCUT2D eigenvalue weighted by atomic mass is 16.1. The number of nitrogens with zero attached hydrogens (tertiary/aromatic N) is 1. The summed E-state index contributed by atoms with van der Waals surface area (Å²) < 4.78 is 0. The Kier molecular flexibility index (Phi) is 4.43. The maximum atomic E-state index is 11.1. The molecule has 0 saturated carbocycles. The Labute approximate surface area is 115 Å². The smallest absolute Gasteiger partial charge is 0.248 e. The number of rotatable bonds is 5. The van der Waals surface area contributed by atoms with Gasteiger partial charge in [-0.25, -0.2) is 0 Å². The van der Waals surface area contributed by atoms with E-state index in [0.717, 1.165) is 18.8 Å². The Hall–Kier alpha value is -1.55. The fourth-order valence-electron chi connectivity index (χ4n) is 2.58. The Bertz CT molecular complexity index is 422. The molecular formula is C15H23N3O. The number of carbonyl (C=O) groups is 1. The molecule has 1 aliphatic rings. The van der Waals surface area contributed by atoms with E-state index >= 15 is 0 Å². The lowest BCUT2D eigenvalue weighted by Gasteiger charge is -2.31. The number of hydrogen-bond acceptors (Lipinski definition) is 3. The van der Waals surface area contributed by atoms with Crippen molar-refractivity contribution in [2.75, 3.05) is 18.0 Å². The lowest BCUT2D eigenvalue weighted by Crippen LogP contribution is -2.41. The van der Waals surface area contributed by atoms with E-state index in [1.807, 2.05) is 12.1 Å². The van der Waals surface area contributed by atoms with Gasteiger partial charge in [-0.1, -0.05) is 0 Å². The van der Waals surface area contributed by atoms with Gasteiger partial charge >= 0.3 is 0 Å². The summed E-state index contributed by atoms with van der Waals surface area (Å²) in [7, 11) is 0. The molecule has 0 aromatic heterocycles. The van der Waals surface area contributed by atoms with Crippen molar-refractivity contribution in [1.29, 1.82) is 0 Å². The van der Waals surface area contributed by atoms with Gasteiger partial charge in [0.15, 0.2) is 0 Å². The van der Waals surface area contributed by atoms with Gasteiger partial charge in [-0.2, -0.15) is 0 Å². The van der Waals surface area contributed by atoms with Crippen LogP contribution in [0.5, 0.6) is 0 Å². The molecule has 0 aliphatic carbocycles. The van der Waals surface area contributed by atoms with E-state index in [-0.39, 0.29) is 5.91 Å². The fraction of sp³-hybridized carbons (Fsp3) is 0.533. The minimum absolute atomic E-state index is 0.375. The molecule has 1 unspecified atom stereocenters. The molecule has 4 heteroatoms. The van der Waals surface area contributed by atoms with Gasteiger partial charge in [0.25, 0.3) is 0 Å². The van der Waals surface area contributed by atoms with E-state index in [4.69, 9.17) is 5.73 Å². The highest BCUT2D eigenvalue weighted by Crippen LogP contribution is 2.20. The van der Waals surface area contributed by atoms with Crippen molar-refractivity contribution in [3.63, 3.8) is 0 Å². The molecule has 3 N–H and O–H groups in total. The number of nitrogens with two attached hydrogens (primary N) is 1. The topological polar surface area (TPSA) is 58.4 Å². The molecule has 1 aliphatic heterocycles. The Morgan fingerprint density at radius 2 is 2.11 bits per heavy atom. The van der Waals surface area contributed by atoms with Crippen molar-refractivity contribution in [3.8, 4) is 0 Å². The van der Waals surface area contributed by atoms with Crippen LogP contribution in [0.3, 0.4) is 0 Å². The van der Waals surface area contributed by atoms with Gasteiger partial charge in [0, 0.05) is 29.9 Å². The lowest BCUT2D eigenvalue weighted by molar-refractivity contribution is 0.100. The third-order valence-electron chi connectivity index (χ3n) is 3.69. The first kappa shape index (κ1) is 13.9. The van der Waals surface area contributed by atoms with Gasteiger partial charge < -0.3 is 16.0 Å². The Morgan fingerprint density at radius 1 is 1.42 bits per heavy atom. The average Bonchev–Trinajstić information content (AvgIpc) is 2.88. The zero-order valence-corrected chi connectivity index (χ0v) is 11.7. The fourth-order valence-corrected chi connectivity index (χ4v) is 2.58. The lowest BCUT2D eigenvalue weighted by atomic mass is 10.1. The molecule has 0 radical (unpaired) electrons. The van der Waals surface area contributed by atoms with Crippen LogP contribution in [-0.2, 0) is 0 Å². The second-order valence-corrected chi connectivity index (χ2v) is 5.45. The molecule has 1 aromatic rings. The van der Waals surface area contributed by atoms with Crippen LogP contribution in [-0.4, -0.2) is 31.1 Å². The molecule has 4 nitrogen and oxygen atoms in total. The normalized spacial score (nSPS) is 18.8. The highest BCUT2D eigenvalue weighted by Gasteiger charge is 2.20. The molecule has 0 spiro atoms. The summed E-state index contributed by atoms with van der Waals surface area (Å²) in [5, 5.41) is 3.53. The summed E-state index contributed by atoms with van der Waals surface area (Å²) >= 11 is 0. The molecule has 1 aromatic carbocycles. The number of carbonyl (C=O) groups excluding carboxylic acids is 1. The first-order chi connectivity index (χ1) is 9.08. The Balaban J connectivity index is 2.11. The van der Waals surface area contributed by atoms with Crippen molar-refractivity contribution >= 4 is 11.6 Å². The second-order valence-electron chi connectivity index (χ2n) is 5.45. The second kappa shape index (κ2) is 6.06. The van der Waals surface area contributed by atoms with Crippen molar-refractivity contribution in [2.45, 2.75) is 38.8 Å². The summed E-state index contributed by atoms with van der Waals surface area (Å²) in [5.41, 5.74) is 6.98. The molecule has 1 heterocycles. The van der Waals surface area contributed by atoms with E-state index in [1.165, 1.54) is 12.8 Å². The van der Waals surface area contributed by atoms with E-state index in [1.54, 1.807) is 12.1 Å². The predicted molar refractivity (Wildman–Crippen MR) is 78.5 cm³/mol. The van der Waals surface area contributed by atoms with Gasteiger partial charge in [0.2, 0.25) is 5.91 Å². The molecule has 1 fully saturated rings. The third-order valence-corrected chi connectivity index (χ3v) is 3.69. The van der Waals surface area contributed by atoms with Gasteiger partial charge in [-0.05, 0) is 57.5 Å². The quantitative estimate of drug-likeness (QED) is 0.849. The maximum Gasteiger partial charge on any atom is 0.248 e. The number of nitrogens with one attached hydrogen (secondary N) is 1. The summed E-state index contributed by atoms with van der Waals surface area (Å²) in [5.74, 6) is -0.375. The molecule has 0 bridgehead atoms. The molecule has 19 heavy (non-hydrogen) atoms. The van der Waals surface area contributed by atoms with Crippen molar-refractivity contribution in [1.82, 2.24) is 5.32 Å². The largest absolute Gasteiger partial charge is 0.368 e. The summed E-state index contributed by atoms with van der Waals surface area (Å²) in [6.07, 6.45) is 2.50. The van der Waals surface area contributed by atoms with Crippen LogP contribution in [0.2, 0.25) is 0 Å². The molecule has 104 valence electrons. The van der Waals surface area contributed by atoms with Crippen LogP contribution >= 0.6 is 0 Å². The van der Waals surface area contributed by atoms with E-state index < -0.39 is 0 Å². The maximum absolute atomic E-state index is 11.1. The first-order valence-corrected chi connectivity index (χ1v) is 6.98. The molecule has 1 atom stereocenters. The number of benzene rings is 1. The van der Waals surface area contributed by atoms with Crippen molar-refractivity contribution in [2.24, 2.45) is 5.73 Å². The predicted octanol–water partition coefficient (Wildman–Crippen LogP) is 1.75. The molecule has 1 amide bonds. The number of anilines is 1. The van der Waals surface area contributed by atoms with Crippen LogP contribution < -0.4 is 16.0 Å². The third kappa shape index (κ3) is 3.47. The SMILES string of the molecule is CC(C)N(CC1CCCN1)c1ccc(C(N)=O)cc1. The summed E-state index contributed by atoms with van der Waals surface area (Å²) in [6.45, 7) is 6.51. The first-order valence-electron chi connectivity index (χ1n) is 6.98. The van der Waals surface area contributed by atoms with Crippen LogP contribution in [0.1, 0.15) is 37.0 Å². The van der Waals surface area contributed by atoms with Crippen LogP contribution in [0.4, 0.5) is 5.69 Å². The molecule has 2 rings (SSSR count). The van der Waals surface area contributed by atoms with Crippen molar-refractivity contribution in [3.05, 3.63) is 29.8 Å². The monoisotopic (exact) mass is 261 g/mol. The summed E-state index contributed by atoms with van der Waals surface area (Å²) in [4.78, 5) is 13.5. The Morgan fingerprint density at radius 3 is 2.58 bits per heavy atom. The van der Waals surface area contributed by atoms with Crippen LogP contribution in [0.25, 0.3) is 0 Å². The van der Waals surface area contributed by atoms with Crippen LogP contribution in [0, 0.1) is 0 Å². The van der Waals surface area contributed by atoms with Gasteiger partial charge in [0.1, 0.15) is 0 Å². The summed E-state index contributed by atoms with van der Waals surface area (Å²) in [6, 6.07) is 8.56. The van der Waals surface area contributed by atoms with E-state index in [9.17, 15) is 4.79 Å². The van der Waals surface area contributed by atoms with E-state index in [0.29, 0.717) is 17.6 Å². The van der Waals surface area contributed by atoms with Gasteiger partial charge in [0.05, 0.1) is 0 Å². The van der Waals surface area contributed by atoms with Gasteiger partial charge in [-0.15, -0.1) is 0 Å². The van der Waals surface area contributed by atoms with E-state index in [2.05, 4.69) is 24.1 Å². The zero-order chi connectivity index (χ0) is 13.8. The van der Waals surface area contributed by atoms with Crippen LogP contribution in [0.15, 0.2) is 24.3 Å². The average molecular weight is 261 g/mol. The minimum atomic E-state index is -0.375. The number of hydrogen-bond donors (Lipinski definition) is 2.